The number of nitrogens with zero attached hydrogens (tertiary/aromatic N) is 3. The number of terminal acetylenes is 1. The summed E-state index contributed by atoms with van der Waals surface area (Å²) in [6.45, 7) is 0.155. The van der Waals surface area contributed by atoms with Gasteiger partial charge in [0.25, 0.3) is 6.26 Å². The van der Waals surface area contributed by atoms with Crippen molar-refractivity contribution in [2.75, 3.05) is 0 Å². The van der Waals surface area contributed by atoms with Crippen LogP contribution in [0, 0.1) is 23.9 Å². The molecule has 0 bridgehead atoms. The van der Waals surface area contributed by atoms with Gasteiger partial charge in [0, 0.05) is 23.4 Å². The fourth-order valence-electron chi connectivity index (χ4n) is 1.52. The number of benzene rings is 1. The van der Waals surface area contributed by atoms with E-state index in [1.54, 1.807) is 36.7 Å². The van der Waals surface area contributed by atoms with Crippen molar-refractivity contribution in [1.82, 2.24) is 9.19 Å². The molecular weight excluding hydrogens is 262 g/mol. The lowest BCUT2D eigenvalue weighted by Gasteiger charge is -2.09. The summed E-state index contributed by atoms with van der Waals surface area (Å²) < 4.78 is 11.7. The van der Waals surface area contributed by atoms with Crippen molar-refractivity contribution in [2.24, 2.45) is 0 Å². The Morgan fingerprint density at radius 2 is 2.26 bits per heavy atom. The minimum atomic E-state index is 0.155. The largest absolute Gasteiger partial charge is 0.472 e. The highest BCUT2D eigenvalue weighted by molar-refractivity contribution is 7.78. The van der Waals surface area contributed by atoms with E-state index in [1.807, 2.05) is 0 Å². The summed E-state index contributed by atoms with van der Waals surface area (Å²) in [5.41, 5.74) is 1.23. The summed E-state index contributed by atoms with van der Waals surface area (Å²) in [5, 5.41) is 12.6. The lowest BCUT2D eigenvalue weighted by molar-refractivity contribution is 0.288. The summed E-state index contributed by atoms with van der Waals surface area (Å²) in [5.74, 6) is 3.31. The highest BCUT2D eigenvalue weighted by Gasteiger charge is 2.10. The summed E-state index contributed by atoms with van der Waals surface area (Å²) >= 11 is 4.00. The Hall–Kier alpha value is -2.57. The molecule has 5 nitrogen and oxygen atoms in total. The topological polar surface area (TPSA) is 60.1 Å². The van der Waals surface area contributed by atoms with Gasteiger partial charge in [0.05, 0.1) is 0 Å². The smallest absolute Gasteiger partial charge is 0.292 e. The third-order valence-corrected chi connectivity index (χ3v) is 2.58. The minimum Gasteiger partial charge on any atom is -0.472 e. The monoisotopic (exact) mass is 271 g/mol. The van der Waals surface area contributed by atoms with Crippen molar-refractivity contribution in [2.45, 2.75) is 6.61 Å². The van der Waals surface area contributed by atoms with Crippen molar-refractivity contribution in [3.05, 3.63) is 41.6 Å². The van der Waals surface area contributed by atoms with Crippen LogP contribution < -0.4 is 9.47 Å². The molecular formula is C13H9N3O2S. The van der Waals surface area contributed by atoms with Gasteiger partial charge in [0.1, 0.15) is 12.4 Å². The van der Waals surface area contributed by atoms with E-state index < -0.39 is 0 Å². The van der Waals surface area contributed by atoms with E-state index in [9.17, 15) is 0 Å². The first kappa shape index (κ1) is 12.9. The van der Waals surface area contributed by atoms with Crippen molar-refractivity contribution in [3.63, 3.8) is 0 Å². The Balaban J connectivity index is 2.23. The van der Waals surface area contributed by atoms with Crippen molar-refractivity contribution >= 4 is 12.8 Å². The van der Waals surface area contributed by atoms with Crippen LogP contribution in [-0.2, 0) is 6.61 Å². The van der Waals surface area contributed by atoms with Crippen LogP contribution in [0.25, 0.3) is 0 Å². The third-order valence-electron chi connectivity index (χ3n) is 2.36. The van der Waals surface area contributed by atoms with Gasteiger partial charge in [-0.15, -0.1) is 16.8 Å². The van der Waals surface area contributed by atoms with Crippen LogP contribution in [-0.4, -0.2) is 9.19 Å². The van der Waals surface area contributed by atoms with E-state index in [-0.39, 0.29) is 6.61 Å². The summed E-state index contributed by atoms with van der Waals surface area (Å²) in [4.78, 5) is 0. The third kappa shape index (κ3) is 3.01. The normalized spacial score (nSPS) is 9.42. The molecule has 19 heavy (non-hydrogen) atoms. The molecule has 0 saturated carbocycles. The van der Waals surface area contributed by atoms with Crippen molar-refractivity contribution in [1.29, 1.82) is 5.26 Å². The van der Waals surface area contributed by atoms with Crippen LogP contribution in [0.4, 0.5) is 0 Å². The molecule has 0 N–H and O–H groups in total. The maximum absolute atomic E-state index is 8.61. The first-order valence-electron chi connectivity index (χ1n) is 5.26. The van der Waals surface area contributed by atoms with Gasteiger partial charge in [-0.25, -0.2) is 4.09 Å². The van der Waals surface area contributed by atoms with Crippen LogP contribution in [0.2, 0.25) is 0 Å². The van der Waals surface area contributed by atoms with E-state index in [0.29, 0.717) is 22.8 Å². The van der Waals surface area contributed by atoms with Gasteiger partial charge in [0.15, 0.2) is 0 Å². The molecule has 0 unspecified atom stereocenters. The van der Waals surface area contributed by atoms with Gasteiger partial charge in [-0.3, -0.25) is 0 Å². The fourth-order valence-corrected chi connectivity index (χ4v) is 1.67. The van der Waals surface area contributed by atoms with Gasteiger partial charge in [-0.1, -0.05) is 12.0 Å². The number of ether oxygens (including phenoxy) is 2. The van der Waals surface area contributed by atoms with E-state index in [0.717, 1.165) is 0 Å². The van der Waals surface area contributed by atoms with E-state index in [1.165, 1.54) is 4.09 Å². The lowest BCUT2D eigenvalue weighted by atomic mass is 10.1. The standard InChI is InChI=1S/C13H9N3O2S/c1-2-10-4-3-5-12(18-9-14)11(10)8-17-13-6-7-16(19)15-13/h1,3-7,19H,8H2. The Labute approximate surface area is 115 Å². The SMILES string of the molecule is C#Cc1cccc(OC#N)c1COc1ccn(S)n1. The molecule has 0 saturated heterocycles. The molecule has 0 aliphatic carbocycles. The highest BCUT2D eigenvalue weighted by atomic mass is 32.1. The fraction of sp³-hybridized carbons (Fsp3) is 0.0769. The average Bonchev–Trinajstić information content (AvgIpc) is 2.83. The van der Waals surface area contributed by atoms with E-state index in [4.69, 9.17) is 21.2 Å². The Kier molecular flexibility index (Phi) is 3.97. The molecule has 0 spiro atoms. The summed E-state index contributed by atoms with van der Waals surface area (Å²) in [7, 11) is 0. The second kappa shape index (κ2) is 5.85. The second-order valence-electron chi connectivity index (χ2n) is 3.48. The number of rotatable bonds is 4. The maximum Gasteiger partial charge on any atom is 0.292 e. The number of thiol groups is 1. The van der Waals surface area contributed by atoms with Crippen LogP contribution in [0.1, 0.15) is 11.1 Å². The van der Waals surface area contributed by atoms with Crippen molar-refractivity contribution < 1.29 is 9.47 Å². The highest BCUT2D eigenvalue weighted by Crippen LogP contribution is 2.23. The van der Waals surface area contributed by atoms with Gasteiger partial charge in [0.2, 0.25) is 5.88 Å². The summed E-state index contributed by atoms with van der Waals surface area (Å²) in [6.07, 6.45) is 8.67. The van der Waals surface area contributed by atoms with Crippen LogP contribution in [0.15, 0.2) is 30.5 Å². The molecule has 2 aromatic rings. The molecule has 6 heteroatoms. The Morgan fingerprint density at radius 1 is 1.42 bits per heavy atom. The molecule has 0 fully saturated rings. The van der Waals surface area contributed by atoms with Crippen LogP contribution in [0.3, 0.4) is 0 Å². The quantitative estimate of drug-likeness (QED) is 0.525. The van der Waals surface area contributed by atoms with Gasteiger partial charge in [-0.2, -0.15) is 0 Å². The predicted octanol–water partition coefficient (Wildman–Crippen LogP) is 2.00. The first-order valence-corrected chi connectivity index (χ1v) is 5.66. The number of hydrogen-bond donors (Lipinski definition) is 1. The molecule has 0 atom stereocenters. The predicted molar refractivity (Wildman–Crippen MR) is 71.6 cm³/mol. The molecule has 1 heterocycles. The number of nitriles is 1. The second-order valence-corrected chi connectivity index (χ2v) is 3.89. The molecule has 0 aliphatic heterocycles. The molecule has 0 amide bonds. The van der Waals surface area contributed by atoms with Crippen LogP contribution >= 0.6 is 12.8 Å². The van der Waals surface area contributed by atoms with Gasteiger partial charge in [-0.05, 0) is 24.9 Å². The van der Waals surface area contributed by atoms with E-state index in [2.05, 4.69) is 23.8 Å². The first-order chi connectivity index (χ1) is 9.24. The zero-order valence-electron chi connectivity index (χ0n) is 9.78. The zero-order chi connectivity index (χ0) is 13.7. The van der Waals surface area contributed by atoms with Crippen molar-refractivity contribution in [3.8, 4) is 30.2 Å². The maximum atomic E-state index is 8.61. The summed E-state index contributed by atoms with van der Waals surface area (Å²) in [6, 6.07) is 6.78. The Bertz CT molecular complexity index is 667. The molecule has 1 aromatic carbocycles. The number of hydrogen-bond acceptors (Lipinski definition) is 5. The average molecular weight is 271 g/mol. The zero-order valence-corrected chi connectivity index (χ0v) is 10.7. The lowest BCUT2D eigenvalue weighted by Crippen LogP contribution is -2.02. The molecule has 0 radical (unpaired) electrons. The van der Waals surface area contributed by atoms with E-state index >= 15 is 0 Å². The van der Waals surface area contributed by atoms with Crippen LogP contribution in [0.5, 0.6) is 11.6 Å². The molecule has 0 aliphatic rings. The van der Waals surface area contributed by atoms with Gasteiger partial charge >= 0.3 is 0 Å². The Morgan fingerprint density at radius 3 is 2.89 bits per heavy atom. The minimum absolute atomic E-state index is 0.155. The molecule has 1 aromatic heterocycles. The molecule has 94 valence electrons. The van der Waals surface area contributed by atoms with Gasteiger partial charge < -0.3 is 9.47 Å². The number of aromatic nitrogens is 2. The molecule has 2 rings (SSSR count).